The molecule has 1 aromatic heterocycles. The summed E-state index contributed by atoms with van der Waals surface area (Å²) in [5, 5.41) is 0. The lowest BCUT2D eigenvalue weighted by atomic mass is 10.2. The van der Waals surface area contributed by atoms with Gasteiger partial charge in [0, 0.05) is 29.1 Å². The molecule has 0 saturated heterocycles. The molecule has 22 heavy (non-hydrogen) atoms. The Bertz CT molecular complexity index is 661. The largest absolute Gasteiger partial charge is 0.469 e. The van der Waals surface area contributed by atoms with E-state index in [1.165, 1.54) is 13.3 Å². The summed E-state index contributed by atoms with van der Waals surface area (Å²) >= 11 is 3.30. The second kappa shape index (κ2) is 7.70. The molecule has 0 bridgehead atoms. The predicted octanol–water partition coefficient (Wildman–Crippen LogP) is 3.05. The number of rotatable bonds is 5. The molecule has 0 aliphatic rings. The fraction of sp³-hybridized carbons (Fsp3) is 0.188. The minimum atomic E-state index is -0.360. The van der Waals surface area contributed by atoms with Gasteiger partial charge in [-0.05, 0) is 34.1 Å². The first-order valence-electron chi connectivity index (χ1n) is 6.66. The van der Waals surface area contributed by atoms with Crippen molar-refractivity contribution in [3.05, 3.63) is 58.8 Å². The maximum Gasteiger partial charge on any atom is 0.307 e. The summed E-state index contributed by atoms with van der Waals surface area (Å²) in [6, 6.07) is 10.9. The highest BCUT2D eigenvalue weighted by Gasteiger charge is 2.19. The van der Waals surface area contributed by atoms with Crippen molar-refractivity contribution in [3.63, 3.8) is 0 Å². The number of carbonyl (C=O) groups excluding carboxylic acids is 2. The SMILES string of the molecule is COC(=O)CCN(C(=O)c1cncc(Br)c1)c1ccccc1. The second-order valence-electron chi connectivity index (χ2n) is 4.51. The first kappa shape index (κ1) is 16.2. The molecule has 5 nitrogen and oxygen atoms in total. The molecule has 0 fully saturated rings. The average molecular weight is 363 g/mol. The zero-order valence-corrected chi connectivity index (χ0v) is 13.6. The highest BCUT2D eigenvalue weighted by atomic mass is 79.9. The monoisotopic (exact) mass is 362 g/mol. The van der Waals surface area contributed by atoms with E-state index in [0.29, 0.717) is 5.56 Å². The standard InChI is InChI=1S/C16H15BrN2O3/c1-22-15(20)7-8-19(14-5-3-2-4-6-14)16(21)12-9-13(17)11-18-10-12/h2-6,9-11H,7-8H2,1H3. The van der Waals surface area contributed by atoms with E-state index in [2.05, 4.69) is 25.7 Å². The normalized spacial score (nSPS) is 10.1. The van der Waals surface area contributed by atoms with Crippen molar-refractivity contribution in [2.45, 2.75) is 6.42 Å². The van der Waals surface area contributed by atoms with Gasteiger partial charge in [0.25, 0.3) is 5.91 Å². The highest BCUT2D eigenvalue weighted by molar-refractivity contribution is 9.10. The maximum atomic E-state index is 12.7. The van der Waals surface area contributed by atoms with Crippen LogP contribution in [0, 0.1) is 0 Å². The van der Waals surface area contributed by atoms with Crippen LogP contribution in [0.4, 0.5) is 5.69 Å². The van der Waals surface area contributed by atoms with Crippen molar-refractivity contribution in [3.8, 4) is 0 Å². The van der Waals surface area contributed by atoms with Gasteiger partial charge in [-0.25, -0.2) is 0 Å². The molecule has 0 N–H and O–H groups in total. The predicted molar refractivity (Wildman–Crippen MR) is 86.7 cm³/mol. The van der Waals surface area contributed by atoms with Gasteiger partial charge in [-0.3, -0.25) is 14.6 Å². The number of hydrogen-bond donors (Lipinski definition) is 0. The van der Waals surface area contributed by atoms with Crippen molar-refractivity contribution in [2.75, 3.05) is 18.6 Å². The minimum absolute atomic E-state index is 0.124. The number of hydrogen-bond acceptors (Lipinski definition) is 4. The third-order valence-electron chi connectivity index (χ3n) is 3.03. The number of benzene rings is 1. The van der Waals surface area contributed by atoms with Crippen LogP contribution in [0.3, 0.4) is 0 Å². The van der Waals surface area contributed by atoms with Gasteiger partial charge in [0.1, 0.15) is 0 Å². The van der Waals surface area contributed by atoms with E-state index in [4.69, 9.17) is 0 Å². The number of halogens is 1. The van der Waals surface area contributed by atoms with Gasteiger partial charge in [0.05, 0.1) is 19.1 Å². The highest BCUT2D eigenvalue weighted by Crippen LogP contribution is 2.19. The van der Waals surface area contributed by atoms with Gasteiger partial charge in [-0.1, -0.05) is 18.2 Å². The zero-order chi connectivity index (χ0) is 15.9. The van der Waals surface area contributed by atoms with E-state index in [0.717, 1.165) is 10.2 Å². The van der Waals surface area contributed by atoms with Crippen LogP contribution in [0.5, 0.6) is 0 Å². The molecule has 2 aromatic rings. The van der Waals surface area contributed by atoms with Gasteiger partial charge >= 0.3 is 5.97 Å². The van der Waals surface area contributed by atoms with Crippen LogP contribution in [0.2, 0.25) is 0 Å². The zero-order valence-electron chi connectivity index (χ0n) is 12.0. The lowest BCUT2D eigenvalue weighted by Gasteiger charge is -2.22. The number of para-hydroxylation sites is 1. The van der Waals surface area contributed by atoms with E-state index in [9.17, 15) is 9.59 Å². The second-order valence-corrected chi connectivity index (χ2v) is 5.43. The summed E-state index contributed by atoms with van der Waals surface area (Å²) in [4.78, 5) is 29.6. The molecule has 0 aliphatic carbocycles. The van der Waals surface area contributed by atoms with E-state index in [-0.39, 0.29) is 24.8 Å². The average Bonchev–Trinajstić information content (AvgIpc) is 2.55. The van der Waals surface area contributed by atoms with E-state index >= 15 is 0 Å². The lowest BCUT2D eigenvalue weighted by Crippen LogP contribution is -2.33. The van der Waals surface area contributed by atoms with E-state index < -0.39 is 0 Å². The van der Waals surface area contributed by atoms with Crippen LogP contribution in [0.1, 0.15) is 16.8 Å². The first-order valence-corrected chi connectivity index (χ1v) is 7.45. The Morgan fingerprint density at radius 3 is 2.59 bits per heavy atom. The third kappa shape index (κ3) is 4.14. The van der Waals surface area contributed by atoms with Gasteiger partial charge in [0.2, 0.25) is 0 Å². The third-order valence-corrected chi connectivity index (χ3v) is 3.47. The van der Waals surface area contributed by atoms with Crippen LogP contribution >= 0.6 is 15.9 Å². The fourth-order valence-electron chi connectivity index (χ4n) is 1.95. The molecule has 0 unspecified atom stereocenters. The summed E-state index contributed by atoms with van der Waals surface area (Å²) in [6.45, 7) is 0.238. The molecule has 1 aromatic carbocycles. The summed E-state index contributed by atoms with van der Waals surface area (Å²) in [7, 11) is 1.33. The van der Waals surface area contributed by atoms with Crippen LogP contribution < -0.4 is 4.90 Å². The number of carbonyl (C=O) groups is 2. The number of methoxy groups -OCH3 is 1. The number of anilines is 1. The molecule has 0 spiro atoms. The molecule has 114 valence electrons. The topological polar surface area (TPSA) is 59.5 Å². The maximum absolute atomic E-state index is 12.7. The number of esters is 1. The molecular weight excluding hydrogens is 348 g/mol. The van der Waals surface area contributed by atoms with Crippen molar-refractivity contribution >= 4 is 33.5 Å². The molecular formula is C16H15BrN2O3. The van der Waals surface area contributed by atoms with Crippen LogP contribution in [0.15, 0.2) is 53.3 Å². The Balaban J connectivity index is 2.27. The molecule has 0 radical (unpaired) electrons. The Morgan fingerprint density at radius 2 is 1.95 bits per heavy atom. The molecule has 0 saturated carbocycles. The van der Waals surface area contributed by atoms with E-state index in [1.807, 2.05) is 30.3 Å². The number of pyridine rings is 1. The van der Waals surface area contributed by atoms with Crippen molar-refractivity contribution in [1.29, 1.82) is 0 Å². The molecule has 2 rings (SSSR count). The van der Waals surface area contributed by atoms with Crippen molar-refractivity contribution in [1.82, 2.24) is 4.98 Å². The Kier molecular flexibility index (Phi) is 5.66. The summed E-state index contributed by atoms with van der Waals surface area (Å²) in [6.07, 6.45) is 3.23. The molecule has 1 heterocycles. The van der Waals surface area contributed by atoms with Gasteiger partial charge in [-0.15, -0.1) is 0 Å². The lowest BCUT2D eigenvalue weighted by molar-refractivity contribution is -0.140. The van der Waals surface area contributed by atoms with Crippen LogP contribution in [-0.4, -0.2) is 30.5 Å². The minimum Gasteiger partial charge on any atom is -0.469 e. The Morgan fingerprint density at radius 1 is 1.23 bits per heavy atom. The van der Waals surface area contributed by atoms with Gasteiger partial charge in [-0.2, -0.15) is 0 Å². The first-order chi connectivity index (χ1) is 10.6. The summed E-state index contributed by atoms with van der Waals surface area (Å²) in [5.41, 5.74) is 1.17. The van der Waals surface area contributed by atoms with Crippen LogP contribution in [-0.2, 0) is 9.53 Å². The van der Waals surface area contributed by atoms with Crippen molar-refractivity contribution in [2.24, 2.45) is 0 Å². The van der Waals surface area contributed by atoms with Gasteiger partial charge in [0.15, 0.2) is 0 Å². The number of nitrogens with zero attached hydrogens (tertiary/aromatic N) is 2. The smallest absolute Gasteiger partial charge is 0.307 e. The molecule has 1 amide bonds. The van der Waals surface area contributed by atoms with Crippen LogP contribution in [0.25, 0.3) is 0 Å². The fourth-order valence-corrected chi connectivity index (χ4v) is 2.31. The Hall–Kier alpha value is -2.21. The van der Waals surface area contributed by atoms with Crippen molar-refractivity contribution < 1.29 is 14.3 Å². The number of amides is 1. The number of ether oxygens (including phenoxy) is 1. The molecule has 0 atom stereocenters. The van der Waals surface area contributed by atoms with E-state index in [1.54, 1.807) is 17.2 Å². The quantitative estimate of drug-likeness (QED) is 0.767. The summed E-state index contributed by atoms with van der Waals surface area (Å²) < 4.78 is 5.37. The summed E-state index contributed by atoms with van der Waals surface area (Å²) in [5.74, 6) is -0.579. The Labute approximate surface area is 137 Å². The molecule has 6 heteroatoms. The van der Waals surface area contributed by atoms with Gasteiger partial charge < -0.3 is 9.64 Å². The number of aromatic nitrogens is 1. The molecule has 0 aliphatic heterocycles.